The molecule has 0 aliphatic heterocycles. The molecule has 0 unspecified atom stereocenters. The van der Waals surface area contributed by atoms with Gasteiger partial charge >= 0.3 is 0 Å². The first-order valence-electron chi connectivity index (χ1n) is 3.60. The van der Waals surface area contributed by atoms with E-state index in [1.807, 2.05) is 17.8 Å². The topological polar surface area (TPSA) is 30.7 Å². The summed E-state index contributed by atoms with van der Waals surface area (Å²) in [6, 6.07) is 0. The van der Waals surface area contributed by atoms with Crippen LogP contribution in [0.25, 0.3) is 0 Å². The summed E-state index contributed by atoms with van der Waals surface area (Å²) in [5, 5.41) is 7.95. The number of hydrogen-bond donors (Lipinski definition) is 0. The maximum atomic E-state index is 4.02. The van der Waals surface area contributed by atoms with E-state index in [9.17, 15) is 0 Å². The summed E-state index contributed by atoms with van der Waals surface area (Å²) in [5.74, 6) is 0. The van der Waals surface area contributed by atoms with E-state index >= 15 is 0 Å². The molecule has 1 saturated carbocycles. The molecule has 0 bridgehead atoms. The van der Waals surface area contributed by atoms with Gasteiger partial charge in [-0.1, -0.05) is 5.21 Å². The molecule has 0 aromatic carbocycles. The van der Waals surface area contributed by atoms with Gasteiger partial charge in [-0.2, -0.15) is 0 Å². The molecular weight excluding hydrogens is 126 g/mol. The minimum atomic E-state index is 0.307. The fraction of sp³-hybridized carbons (Fsp3) is 0.714. The molecule has 0 spiro atoms. The van der Waals surface area contributed by atoms with Crippen LogP contribution in [0.5, 0.6) is 0 Å². The van der Waals surface area contributed by atoms with Crippen molar-refractivity contribution >= 4 is 0 Å². The molecule has 1 aliphatic rings. The normalized spacial score (nSPS) is 21.0. The van der Waals surface area contributed by atoms with Gasteiger partial charge in [0.1, 0.15) is 0 Å². The van der Waals surface area contributed by atoms with E-state index < -0.39 is 0 Å². The summed E-state index contributed by atoms with van der Waals surface area (Å²) < 4.78 is 1.97. The fourth-order valence-corrected chi connectivity index (χ4v) is 1.02. The third kappa shape index (κ3) is 0.735. The molecule has 0 saturated heterocycles. The van der Waals surface area contributed by atoms with Crippen LogP contribution in [0.15, 0.2) is 6.20 Å². The summed E-state index contributed by atoms with van der Waals surface area (Å²) in [6.07, 6.45) is 4.50. The highest BCUT2D eigenvalue weighted by molar-refractivity contribution is 4.99. The molecular formula is C7H11N3. The molecule has 1 fully saturated rings. The molecule has 0 radical (unpaired) electrons. The van der Waals surface area contributed by atoms with Crippen LogP contribution < -0.4 is 0 Å². The maximum Gasteiger partial charge on any atom is 0.0796 e. The van der Waals surface area contributed by atoms with Gasteiger partial charge < -0.3 is 0 Å². The van der Waals surface area contributed by atoms with Crippen LogP contribution in [-0.2, 0) is 5.54 Å². The van der Waals surface area contributed by atoms with Gasteiger partial charge in [-0.15, -0.1) is 5.10 Å². The van der Waals surface area contributed by atoms with Crippen molar-refractivity contribution in [3.05, 3.63) is 11.9 Å². The smallest absolute Gasteiger partial charge is 0.0796 e. The van der Waals surface area contributed by atoms with Crippen molar-refractivity contribution in [2.24, 2.45) is 0 Å². The highest BCUT2D eigenvalue weighted by Gasteiger charge is 2.40. The Morgan fingerprint density at radius 2 is 2.30 bits per heavy atom. The Balaban J connectivity index is 2.34. The summed E-state index contributed by atoms with van der Waals surface area (Å²) in [4.78, 5) is 0. The van der Waals surface area contributed by atoms with Crippen LogP contribution >= 0.6 is 0 Å². The Morgan fingerprint density at radius 1 is 1.60 bits per heavy atom. The summed E-state index contributed by atoms with van der Waals surface area (Å²) in [5.41, 5.74) is 1.31. The minimum absolute atomic E-state index is 0.307. The van der Waals surface area contributed by atoms with E-state index in [0.29, 0.717) is 5.54 Å². The van der Waals surface area contributed by atoms with Gasteiger partial charge in [0.15, 0.2) is 0 Å². The highest BCUT2D eigenvalue weighted by atomic mass is 15.5. The second kappa shape index (κ2) is 1.59. The Bertz CT molecular complexity index is 247. The van der Waals surface area contributed by atoms with E-state index in [1.54, 1.807) is 0 Å². The summed E-state index contributed by atoms with van der Waals surface area (Å²) in [7, 11) is 0. The van der Waals surface area contributed by atoms with Crippen molar-refractivity contribution in [3.8, 4) is 0 Å². The maximum absolute atomic E-state index is 4.02. The first kappa shape index (κ1) is 5.89. The number of rotatable bonds is 1. The van der Waals surface area contributed by atoms with Crippen molar-refractivity contribution in [1.29, 1.82) is 0 Å². The van der Waals surface area contributed by atoms with Crippen molar-refractivity contribution in [3.63, 3.8) is 0 Å². The SMILES string of the molecule is Cc1cn(C2(C)CC2)nn1. The predicted octanol–water partition coefficient (Wildman–Crippen LogP) is 1.10. The van der Waals surface area contributed by atoms with Crippen LogP contribution in [-0.4, -0.2) is 15.0 Å². The number of nitrogens with zero attached hydrogens (tertiary/aromatic N) is 3. The number of aryl methyl sites for hydroxylation is 1. The van der Waals surface area contributed by atoms with Crippen LogP contribution in [0.3, 0.4) is 0 Å². The highest BCUT2D eigenvalue weighted by Crippen LogP contribution is 2.41. The van der Waals surface area contributed by atoms with Gasteiger partial charge in [0.2, 0.25) is 0 Å². The molecule has 0 atom stereocenters. The molecule has 3 heteroatoms. The molecule has 1 aromatic heterocycles. The molecule has 3 nitrogen and oxygen atoms in total. The molecule has 0 amide bonds. The Hall–Kier alpha value is -0.860. The second-order valence-electron chi connectivity index (χ2n) is 3.30. The lowest BCUT2D eigenvalue weighted by molar-refractivity contribution is 0.458. The first-order chi connectivity index (χ1) is 4.71. The van der Waals surface area contributed by atoms with Crippen LogP contribution in [0.1, 0.15) is 25.5 Å². The zero-order valence-electron chi connectivity index (χ0n) is 6.33. The molecule has 1 heterocycles. The molecule has 10 heavy (non-hydrogen) atoms. The van der Waals surface area contributed by atoms with Gasteiger partial charge in [-0.25, -0.2) is 4.68 Å². The van der Waals surface area contributed by atoms with E-state index in [-0.39, 0.29) is 0 Å². The molecule has 1 aromatic rings. The van der Waals surface area contributed by atoms with E-state index in [0.717, 1.165) is 5.69 Å². The average molecular weight is 137 g/mol. The van der Waals surface area contributed by atoms with E-state index in [4.69, 9.17) is 0 Å². The lowest BCUT2D eigenvalue weighted by Gasteiger charge is -2.05. The lowest BCUT2D eigenvalue weighted by atomic mass is 10.3. The van der Waals surface area contributed by atoms with E-state index in [1.165, 1.54) is 12.8 Å². The van der Waals surface area contributed by atoms with Gasteiger partial charge in [-0.05, 0) is 26.7 Å². The monoisotopic (exact) mass is 137 g/mol. The number of aromatic nitrogens is 3. The van der Waals surface area contributed by atoms with Gasteiger partial charge in [0.05, 0.1) is 11.2 Å². The van der Waals surface area contributed by atoms with Crippen LogP contribution in [0, 0.1) is 6.92 Å². The third-order valence-electron chi connectivity index (χ3n) is 2.13. The molecule has 0 N–H and O–H groups in total. The average Bonchev–Trinajstić information content (AvgIpc) is 2.45. The number of hydrogen-bond acceptors (Lipinski definition) is 2. The molecule has 1 aliphatic carbocycles. The standard InChI is InChI=1S/C7H11N3/c1-6-5-10(9-8-6)7(2)3-4-7/h5H,3-4H2,1-2H3. The fourth-order valence-electron chi connectivity index (χ4n) is 1.02. The van der Waals surface area contributed by atoms with Crippen LogP contribution in [0.4, 0.5) is 0 Å². The van der Waals surface area contributed by atoms with Crippen molar-refractivity contribution in [2.75, 3.05) is 0 Å². The van der Waals surface area contributed by atoms with Crippen LogP contribution in [0.2, 0.25) is 0 Å². The Morgan fingerprint density at radius 3 is 2.70 bits per heavy atom. The summed E-state index contributed by atoms with van der Waals surface area (Å²) >= 11 is 0. The Labute approximate surface area is 60.0 Å². The Kier molecular flexibility index (Phi) is 0.938. The van der Waals surface area contributed by atoms with Gasteiger partial charge in [0, 0.05) is 6.20 Å². The molecule has 2 rings (SSSR count). The molecule has 54 valence electrons. The minimum Gasteiger partial charge on any atom is -0.246 e. The lowest BCUT2D eigenvalue weighted by Crippen LogP contribution is -2.12. The zero-order chi connectivity index (χ0) is 7.19. The zero-order valence-corrected chi connectivity index (χ0v) is 6.33. The second-order valence-corrected chi connectivity index (χ2v) is 3.30. The van der Waals surface area contributed by atoms with Gasteiger partial charge in [0.25, 0.3) is 0 Å². The largest absolute Gasteiger partial charge is 0.246 e. The first-order valence-corrected chi connectivity index (χ1v) is 3.60. The van der Waals surface area contributed by atoms with Gasteiger partial charge in [-0.3, -0.25) is 0 Å². The predicted molar refractivity (Wildman–Crippen MR) is 37.6 cm³/mol. The summed E-state index contributed by atoms with van der Waals surface area (Å²) in [6.45, 7) is 4.18. The van der Waals surface area contributed by atoms with E-state index in [2.05, 4.69) is 17.2 Å². The van der Waals surface area contributed by atoms with Crippen molar-refractivity contribution in [1.82, 2.24) is 15.0 Å². The van der Waals surface area contributed by atoms with Crippen molar-refractivity contribution in [2.45, 2.75) is 32.2 Å². The third-order valence-corrected chi connectivity index (χ3v) is 2.13. The quantitative estimate of drug-likeness (QED) is 0.580. The van der Waals surface area contributed by atoms with Crippen molar-refractivity contribution < 1.29 is 0 Å².